The monoisotopic (exact) mass is 249 g/mol. The summed E-state index contributed by atoms with van der Waals surface area (Å²) in [5.41, 5.74) is 2.57. The first-order valence-electron chi connectivity index (χ1n) is 6.81. The number of hydrogen-bond acceptors (Lipinski definition) is 4. The van der Waals surface area contributed by atoms with Crippen molar-refractivity contribution in [2.75, 3.05) is 31.1 Å². The van der Waals surface area contributed by atoms with Crippen molar-refractivity contribution in [1.82, 2.24) is 10.3 Å². The molecule has 0 spiro atoms. The Hall–Kier alpha value is -1.13. The van der Waals surface area contributed by atoms with Gasteiger partial charge in [-0.05, 0) is 31.5 Å². The molecule has 100 valence electrons. The number of nitrogens with one attached hydrogen (secondary N) is 1. The van der Waals surface area contributed by atoms with Crippen molar-refractivity contribution in [1.29, 1.82) is 0 Å². The summed E-state index contributed by atoms with van der Waals surface area (Å²) in [6.45, 7) is 8.99. The summed E-state index contributed by atoms with van der Waals surface area (Å²) < 4.78 is 5.59. The summed E-state index contributed by atoms with van der Waals surface area (Å²) in [5, 5.41) is 3.46. The van der Waals surface area contributed by atoms with Gasteiger partial charge in [0.25, 0.3) is 0 Å². The molecule has 1 aromatic heterocycles. The van der Waals surface area contributed by atoms with Crippen molar-refractivity contribution in [3.8, 4) is 0 Å². The van der Waals surface area contributed by atoms with Crippen molar-refractivity contribution in [3.63, 3.8) is 0 Å². The topological polar surface area (TPSA) is 37.4 Å². The minimum Gasteiger partial charge on any atom is -0.375 e. The van der Waals surface area contributed by atoms with E-state index in [2.05, 4.69) is 35.1 Å². The Morgan fingerprint density at radius 2 is 2.44 bits per heavy atom. The molecule has 1 aliphatic rings. The van der Waals surface area contributed by atoms with E-state index in [1.165, 1.54) is 11.3 Å². The first kappa shape index (κ1) is 13.3. The molecule has 1 aromatic rings. The van der Waals surface area contributed by atoms with E-state index in [4.69, 9.17) is 4.74 Å². The number of ether oxygens (including phenoxy) is 1. The lowest BCUT2D eigenvalue weighted by molar-refractivity contribution is 0.0531. The van der Waals surface area contributed by atoms with Crippen LogP contribution in [0.2, 0.25) is 0 Å². The fourth-order valence-corrected chi connectivity index (χ4v) is 2.29. The summed E-state index contributed by atoms with van der Waals surface area (Å²) in [7, 11) is 0. The summed E-state index contributed by atoms with van der Waals surface area (Å²) in [6.07, 6.45) is 5.31. The first-order chi connectivity index (χ1) is 8.81. The summed E-state index contributed by atoms with van der Waals surface area (Å²) in [5.74, 6) is 0. The maximum Gasteiger partial charge on any atom is 0.0722 e. The van der Waals surface area contributed by atoms with Crippen molar-refractivity contribution < 1.29 is 4.74 Å². The van der Waals surface area contributed by atoms with E-state index >= 15 is 0 Å². The smallest absolute Gasteiger partial charge is 0.0722 e. The second-order valence-corrected chi connectivity index (χ2v) is 4.81. The average molecular weight is 249 g/mol. The quantitative estimate of drug-likeness (QED) is 0.808. The Kier molecular flexibility index (Phi) is 4.96. The van der Waals surface area contributed by atoms with Gasteiger partial charge in [-0.2, -0.15) is 0 Å². The van der Waals surface area contributed by atoms with Gasteiger partial charge in [-0.3, -0.25) is 4.98 Å². The molecule has 1 N–H and O–H groups in total. The molecule has 0 bridgehead atoms. The van der Waals surface area contributed by atoms with Gasteiger partial charge in [0.05, 0.1) is 24.6 Å². The number of anilines is 1. The fourth-order valence-electron chi connectivity index (χ4n) is 2.29. The molecule has 1 atom stereocenters. The summed E-state index contributed by atoms with van der Waals surface area (Å²) in [4.78, 5) is 6.64. The molecule has 0 saturated carbocycles. The molecular formula is C14H23N3O. The zero-order chi connectivity index (χ0) is 12.8. The molecule has 4 heteroatoms. The Morgan fingerprint density at radius 3 is 3.22 bits per heavy atom. The van der Waals surface area contributed by atoms with E-state index in [0.717, 1.165) is 39.2 Å². The number of pyridine rings is 1. The minimum atomic E-state index is 0.301. The lowest BCUT2D eigenvalue weighted by atomic mass is 10.1. The zero-order valence-corrected chi connectivity index (χ0v) is 11.4. The van der Waals surface area contributed by atoms with E-state index in [1.807, 2.05) is 12.4 Å². The molecule has 4 nitrogen and oxygen atoms in total. The van der Waals surface area contributed by atoms with Crippen LogP contribution in [0, 0.1) is 0 Å². The van der Waals surface area contributed by atoms with Gasteiger partial charge < -0.3 is 15.0 Å². The Bertz CT molecular complexity index is 370. The minimum absolute atomic E-state index is 0.301. The van der Waals surface area contributed by atoms with E-state index in [0.29, 0.717) is 6.10 Å². The maximum absolute atomic E-state index is 5.59. The predicted octanol–water partition coefficient (Wildman–Crippen LogP) is 1.81. The van der Waals surface area contributed by atoms with Crippen LogP contribution in [-0.2, 0) is 11.3 Å². The van der Waals surface area contributed by atoms with Crippen LogP contribution in [0.4, 0.5) is 5.69 Å². The normalized spacial score (nSPS) is 20.1. The van der Waals surface area contributed by atoms with Gasteiger partial charge in [-0.15, -0.1) is 0 Å². The van der Waals surface area contributed by atoms with E-state index in [1.54, 1.807) is 0 Å². The van der Waals surface area contributed by atoms with E-state index < -0.39 is 0 Å². The molecule has 18 heavy (non-hydrogen) atoms. The maximum atomic E-state index is 5.59. The van der Waals surface area contributed by atoms with Gasteiger partial charge in [0.2, 0.25) is 0 Å². The molecule has 1 unspecified atom stereocenters. The molecule has 1 saturated heterocycles. The van der Waals surface area contributed by atoms with Crippen LogP contribution in [0.25, 0.3) is 0 Å². The second kappa shape index (κ2) is 6.71. The van der Waals surface area contributed by atoms with Crippen LogP contribution in [0.3, 0.4) is 0 Å². The fraction of sp³-hybridized carbons (Fsp3) is 0.643. The average Bonchev–Trinajstić information content (AvgIpc) is 2.40. The van der Waals surface area contributed by atoms with Crippen molar-refractivity contribution in [3.05, 3.63) is 24.0 Å². The highest BCUT2D eigenvalue weighted by molar-refractivity contribution is 5.52. The second-order valence-electron chi connectivity index (χ2n) is 4.81. The van der Waals surface area contributed by atoms with Crippen LogP contribution in [0.15, 0.2) is 18.5 Å². The Balaban J connectivity index is 2.06. The van der Waals surface area contributed by atoms with Gasteiger partial charge in [-0.1, -0.05) is 6.92 Å². The standard InChI is InChI=1S/C14H23N3O/c1-3-5-15-9-13-4-6-16-10-14(13)17-7-8-18-12(2)11-17/h4,6,10,12,15H,3,5,7-9,11H2,1-2H3. The van der Waals surface area contributed by atoms with Crippen molar-refractivity contribution in [2.45, 2.75) is 32.9 Å². The molecule has 2 heterocycles. The first-order valence-corrected chi connectivity index (χ1v) is 6.81. The van der Waals surface area contributed by atoms with Crippen LogP contribution in [0.5, 0.6) is 0 Å². The summed E-state index contributed by atoms with van der Waals surface area (Å²) in [6, 6.07) is 2.11. The predicted molar refractivity (Wildman–Crippen MR) is 73.9 cm³/mol. The highest BCUT2D eigenvalue weighted by atomic mass is 16.5. The van der Waals surface area contributed by atoms with E-state index in [9.17, 15) is 0 Å². The molecule has 1 fully saturated rings. The third-order valence-corrected chi connectivity index (χ3v) is 3.21. The van der Waals surface area contributed by atoms with Crippen molar-refractivity contribution in [2.24, 2.45) is 0 Å². The van der Waals surface area contributed by atoms with Gasteiger partial charge in [0.15, 0.2) is 0 Å². The van der Waals surface area contributed by atoms with Gasteiger partial charge in [0.1, 0.15) is 0 Å². The molecule has 0 radical (unpaired) electrons. The highest BCUT2D eigenvalue weighted by Crippen LogP contribution is 2.21. The lowest BCUT2D eigenvalue weighted by Gasteiger charge is -2.34. The van der Waals surface area contributed by atoms with E-state index in [-0.39, 0.29) is 0 Å². The number of morpholine rings is 1. The molecule has 0 amide bonds. The number of rotatable bonds is 5. The molecule has 0 aromatic carbocycles. The molecule has 1 aliphatic heterocycles. The Morgan fingerprint density at radius 1 is 1.56 bits per heavy atom. The van der Waals surface area contributed by atoms with Crippen LogP contribution in [0.1, 0.15) is 25.8 Å². The third-order valence-electron chi connectivity index (χ3n) is 3.21. The van der Waals surface area contributed by atoms with Crippen molar-refractivity contribution >= 4 is 5.69 Å². The SMILES string of the molecule is CCCNCc1ccncc1N1CCOC(C)C1. The number of nitrogens with zero attached hydrogens (tertiary/aromatic N) is 2. The van der Waals surface area contributed by atoms with Crippen LogP contribution >= 0.6 is 0 Å². The Labute approximate surface area is 109 Å². The largest absolute Gasteiger partial charge is 0.375 e. The molecule has 0 aliphatic carbocycles. The lowest BCUT2D eigenvalue weighted by Crippen LogP contribution is -2.41. The van der Waals surface area contributed by atoms with Gasteiger partial charge >= 0.3 is 0 Å². The summed E-state index contributed by atoms with van der Waals surface area (Å²) >= 11 is 0. The van der Waals surface area contributed by atoms with Crippen LogP contribution in [-0.4, -0.2) is 37.3 Å². The third kappa shape index (κ3) is 3.43. The number of aromatic nitrogens is 1. The highest BCUT2D eigenvalue weighted by Gasteiger charge is 2.19. The van der Waals surface area contributed by atoms with Crippen LogP contribution < -0.4 is 10.2 Å². The molecular weight excluding hydrogens is 226 g/mol. The van der Waals surface area contributed by atoms with Gasteiger partial charge in [0, 0.05) is 25.8 Å². The molecule has 2 rings (SSSR count). The number of hydrogen-bond donors (Lipinski definition) is 1. The zero-order valence-electron chi connectivity index (χ0n) is 11.4. The van der Waals surface area contributed by atoms with Gasteiger partial charge in [-0.25, -0.2) is 0 Å².